The Morgan fingerprint density at radius 2 is 1.27 bits per heavy atom. The minimum atomic E-state index is -1.80. The first-order valence-corrected chi connectivity index (χ1v) is 23.8. The summed E-state index contributed by atoms with van der Waals surface area (Å²) in [4.78, 5) is 133. The third-order valence-corrected chi connectivity index (χ3v) is 11.5. The molecule has 0 spiro atoms. The molecule has 9 unspecified atom stereocenters. The fraction of sp³-hybridized carbons (Fsp3) is 0.523. The average Bonchev–Trinajstić information content (AvgIpc) is 4.02. The van der Waals surface area contributed by atoms with Gasteiger partial charge in [-0.1, -0.05) is 18.2 Å². The Morgan fingerprint density at radius 3 is 1.84 bits per heavy atom. The van der Waals surface area contributed by atoms with Gasteiger partial charge in [0.1, 0.15) is 42.3 Å². The van der Waals surface area contributed by atoms with Gasteiger partial charge in [0.05, 0.1) is 25.1 Å². The van der Waals surface area contributed by atoms with Crippen LogP contribution in [-0.2, 0) is 56.0 Å². The number of aliphatic carboxylic acids is 2. The number of H-pyrrole nitrogens is 2. The van der Waals surface area contributed by atoms with Crippen LogP contribution < -0.4 is 60.2 Å². The summed E-state index contributed by atoms with van der Waals surface area (Å²) in [6.45, 7) is 0.329. The Kier molecular flexibility index (Phi) is 25.1. The van der Waals surface area contributed by atoms with Gasteiger partial charge in [0.15, 0.2) is 5.96 Å². The number of carboxylic acid groups (broad SMARTS) is 2. The Hall–Kier alpha value is -7.34. The number of carbonyl (C=O) groups is 9. The zero-order valence-corrected chi connectivity index (χ0v) is 40.9. The molecule has 0 bridgehead atoms. The number of rotatable bonds is 33. The van der Waals surface area contributed by atoms with Crippen LogP contribution in [0.5, 0.6) is 0 Å². The third kappa shape index (κ3) is 20.0. The summed E-state index contributed by atoms with van der Waals surface area (Å²) in [5, 5.41) is 56.3. The number of imidazole rings is 1. The number of aromatic nitrogens is 3. The monoisotopic (exact) mass is 1050 g/mol. The van der Waals surface area contributed by atoms with Gasteiger partial charge >= 0.3 is 11.9 Å². The molecule has 0 aliphatic heterocycles. The van der Waals surface area contributed by atoms with Crippen LogP contribution in [0.4, 0.5) is 0 Å². The smallest absolute Gasteiger partial charge is 0.328 e. The second-order valence-corrected chi connectivity index (χ2v) is 17.3. The van der Waals surface area contributed by atoms with Crippen molar-refractivity contribution in [3.8, 4) is 0 Å². The van der Waals surface area contributed by atoms with E-state index in [1.807, 2.05) is 29.6 Å². The zero-order chi connectivity index (χ0) is 54.2. The van der Waals surface area contributed by atoms with Crippen LogP contribution in [0, 0.1) is 0 Å². The van der Waals surface area contributed by atoms with Gasteiger partial charge in [-0.2, -0.15) is 12.6 Å². The molecule has 402 valence electrons. The maximum absolute atomic E-state index is 14.1. The number of para-hydroxylation sites is 1. The number of guanidine groups is 1. The van der Waals surface area contributed by atoms with Gasteiger partial charge in [-0.15, -0.1) is 0 Å². The maximum Gasteiger partial charge on any atom is 0.328 e. The fourth-order valence-electron chi connectivity index (χ4n) is 7.19. The van der Waals surface area contributed by atoms with Crippen molar-refractivity contribution in [1.29, 1.82) is 0 Å². The van der Waals surface area contributed by atoms with Crippen molar-refractivity contribution in [3.63, 3.8) is 0 Å². The van der Waals surface area contributed by atoms with Crippen molar-refractivity contribution in [1.82, 2.24) is 52.2 Å². The summed E-state index contributed by atoms with van der Waals surface area (Å²) in [7, 11) is 0. The van der Waals surface area contributed by atoms with E-state index in [-0.39, 0.29) is 56.1 Å². The molecule has 0 radical (unpaired) electrons. The predicted molar refractivity (Wildman–Crippen MR) is 266 cm³/mol. The van der Waals surface area contributed by atoms with Crippen molar-refractivity contribution in [2.24, 2.45) is 27.9 Å². The first-order valence-electron chi connectivity index (χ1n) is 23.2. The van der Waals surface area contributed by atoms with E-state index in [0.29, 0.717) is 19.4 Å². The summed E-state index contributed by atoms with van der Waals surface area (Å²) in [6.07, 6.45) is 2.11. The highest BCUT2D eigenvalue weighted by Gasteiger charge is 2.36. The number of aromatic amines is 2. The molecular weight excluding hydrogens is 979 g/mol. The molecule has 0 saturated heterocycles. The fourth-order valence-corrected chi connectivity index (χ4v) is 7.45. The molecule has 0 aliphatic carbocycles. The lowest BCUT2D eigenvalue weighted by Gasteiger charge is -2.28. The molecule has 3 aromatic rings. The molecule has 21 N–H and O–H groups in total. The number of nitrogens with two attached hydrogens (primary N) is 4. The van der Waals surface area contributed by atoms with Crippen LogP contribution in [0.2, 0.25) is 0 Å². The number of aliphatic hydroxyl groups excluding tert-OH is 2. The first kappa shape index (κ1) is 60.0. The Bertz CT molecular complexity index is 2360. The van der Waals surface area contributed by atoms with E-state index in [9.17, 15) is 63.6 Å². The highest BCUT2D eigenvalue weighted by atomic mass is 32.1. The topological polar surface area (TPSA) is 480 Å². The van der Waals surface area contributed by atoms with Crippen LogP contribution in [-0.4, -0.2) is 175 Å². The van der Waals surface area contributed by atoms with Gasteiger partial charge in [-0.05, 0) is 70.0 Å². The number of aliphatic imine (C=N–C) groups is 1. The van der Waals surface area contributed by atoms with Crippen molar-refractivity contribution >= 4 is 82.8 Å². The average molecular weight is 1050 g/mol. The number of nitrogens with zero attached hydrogens (tertiary/aromatic N) is 2. The van der Waals surface area contributed by atoms with Crippen LogP contribution in [0.25, 0.3) is 10.9 Å². The molecule has 2 aromatic heterocycles. The Morgan fingerprint density at radius 1 is 0.712 bits per heavy atom. The van der Waals surface area contributed by atoms with E-state index < -0.39 is 127 Å². The van der Waals surface area contributed by atoms with Crippen LogP contribution in [0.1, 0.15) is 63.1 Å². The van der Waals surface area contributed by atoms with Gasteiger partial charge in [-0.3, -0.25) is 43.3 Å². The number of hydrogen-bond acceptors (Lipinski definition) is 16. The number of hydrogen-bond donors (Lipinski definition) is 18. The lowest BCUT2D eigenvalue weighted by Crippen LogP contribution is -2.61. The van der Waals surface area contributed by atoms with E-state index in [0.717, 1.165) is 23.4 Å². The lowest BCUT2D eigenvalue weighted by molar-refractivity contribution is -0.144. The molecule has 9 atom stereocenters. The first-order chi connectivity index (χ1) is 34.7. The van der Waals surface area contributed by atoms with Crippen LogP contribution in [0.15, 0.2) is 48.0 Å². The van der Waals surface area contributed by atoms with Crippen LogP contribution in [0.3, 0.4) is 0 Å². The summed E-state index contributed by atoms with van der Waals surface area (Å²) < 4.78 is 0. The van der Waals surface area contributed by atoms with Gasteiger partial charge in [0.2, 0.25) is 41.4 Å². The highest BCUT2D eigenvalue weighted by molar-refractivity contribution is 7.80. The van der Waals surface area contributed by atoms with Crippen molar-refractivity contribution in [3.05, 3.63) is 54.2 Å². The largest absolute Gasteiger partial charge is 0.481 e. The predicted octanol–water partition coefficient (Wildman–Crippen LogP) is -5.17. The number of nitrogens with one attached hydrogen (secondary N) is 9. The number of aliphatic hydroxyl groups is 2. The molecule has 0 fully saturated rings. The SMILES string of the molecule is CC(O)C(NC(=O)C(Cc1cnc[nH]1)NC(=O)C(CCCN=C(N)N)NC(=O)C(CCC(=O)O)NC(=O)C(CS)NC(=O)C(CCCCN)NC(=O)C(N)Cc1c[nH]c2ccccc12)C(=O)NC(CO)C(=O)O. The number of carboxylic acids is 2. The number of thiol groups is 1. The number of unbranched alkanes of at least 4 members (excludes halogenated alkanes) is 1. The van der Waals surface area contributed by atoms with E-state index in [2.05, 4.69) is 64.5 Å². The molecular formula is C44H67N15O13S. The molecule has 0 aliphatic rings. The second kappa shape index (κ2) is 30.5. The molecule has 73 heavy (non-hydrogen) atoms. The number of fused-ring (bicyclic) bond motifs is 1. The summed E-state index contributed by atoms with van der Waals surface area (Å²) >= 11 is 4.23. The van der Waals surface area contributed by atoms with Gasteiger partial charge < -0.3 is 90.5 Å². The minimum Gasteiger partial charge on any atom is -0.481 e. The summed E-state index contributed by atoms with van der Waals surface area (Å²) in [5.74, 6) is -10.4. The highest BCUT2D eigenvalue weighted by Crippen LogP contribution is 2.19. The Balaban J connectivity index is 1.85. The molecule has 1 aromatic carbocycles. The zero-order valence-electron chi connectivity index (χ0n) is 40.0. The normalized spacial score (nSPS) is 14.8. The van der Waals surface area contributed by atoms with Crippen molar-refractivity contribution in [2.75, 3.05) is 25.4 Å². The molecule has 2 heterocycles. The lowest BCUT2D eigenvalue weighted by atomic mass is 10.0. The second-order valence-electron chi connectivity index (χ2n) is 16.9. The van der Waals surface area contributed by atoms with Crippen molar-refractivity contribution < 1.29 is 63.6 Å². The minimum absolute atomic E-state index is 0.0321. The van der Waals surface area contributed by atoms with Crippen LogP contribution >= 0.6 is 12.6 Å². The quantitative estimate of drug-likeness (QED) is 0.0117. The standard InChI is InChI=1S/C44H67N15O13S/c1-22(61)35(42(70)57-32(19-60)43(71)72)59-40(68)31(16-24-18-49-21-52-24)56-37(65)29(10-6-14-50-44(47)48)54-39(67)30(11-12-34(62)63)55-41(69)33(20-73)58-38(66)28(9-4-5-13-45)53-36(64)26(46)15-23-17-51-27-8-3-2-7-25(23)27/h2-3,7-8,17-18,21-22,26,28-33,35,51,60-61,73H,4-6,9-16,19-20,45-46H2,1H3,(H,49,52)(H,53,64)(H,54,67)(H,55,69)(H,56,65)(H,57,70)(H,58,66)(H,59,68)(H,62,63)(H,71,72)(H4,47,48,50). The van der Waals surface area contributed by atoms with Gasteiger partial charge in [0, 0.05) is 54.1 Å². The Labute approximate surface area is 424 Å². The van der Waals surface area contributed by atoms with Crippen molar-refractivity contribution in [2.45, 2.75) is 119 Å². The molecule has 0 saturated carbocycles. The maximum atomic E-state index is 14.1. The molecule has 7 amide bonds. The third-order valence-electron chi connectivity index (χ3n) is 11.2. The number of carbonyl (C=O) groups excluding carboxylic acids is 7. The molecule has 3 rings (SSSR count). The molecule has 28 nitrogen and oxygen atoms in total. The summed E-state index contributed by atoms with van der Waals surface area (Å²) in [5.41, 5.74) is 24.8. The number of amides is 7. The van der Waals surface area contributed by atoms with Gasteiger partial charge in [-0.25, -0.2) is 9.78 Å². The van der Waals surface area contributed by atoms with E-state index in [1.165, 1.54) is 12.5 Å². The van der Waals surface area contributed by atoms with Gasteiger partial charge in [0.25, 0.3) is 0 Å². The molecule has 29 heteroatoms. The number of benzene rings is 1. The summed E-state index contributed by atoms with van der Waals surface area (Å²) in [6, 6.07) is -4.71. The van der Waals surface area contributed by atoms with E-state index in [1.54, 1.807) is 6.20 Å². The van der Waals surface area contributed by atoms with E-state index >= 15 is 0 Å². The van der Waals surface area contributed by atoms with E-state index in [4.69, 9.17) is 22.9 Å².